The first-order valence-corrected chi connectivity index (χ1v) is 9.28. The molecule has 0 amide bonds. The molecule has 0 bridgehead atoms. The van der Waals surface area contributed by atoms with Crippen LogP contribution in [0.5, 0.6) is 0 Å². The van der Waals surface area contributed by atoms with Crippen molar-refractivity contribution in [2.45, 2.75) is 0 Å². The van der Waals surface area contributed by atoms with Crippen LogP contribution in [-0.2, 0) is 0 Å². The number of piperazine rings is 1. The Morgan fingerprint density at radius 1 is 0.857 bits per heavy atom. The fraction of sp³-hybridized carbons (Fsp3) is 0.200. The number of aromatic amines is 1. The van der Waals surface area contributed by atoms with Crippen LogP contribution in [0.3, 0.4) is 0 Å². The van der Waals surface area contributed by atoms with Gasteiger partial charge in [-0.2, -0.15) is 5.10 Å². The smallest absolute Gasteiger partial charge is 0.135 e. The molecule has 1 saturated heterocycles. The second kappa shape index (κ2) is 7.15. The maximum Gasteiger partial charge on any atom is 0.135 e. The first-order chi connectivity index (χ1) is 13.8. The summed E-state index contributed by atoms with van der Waals surface area (Å²) in [5.74, 6) is 2.74. The first-order valence-electron chi connectivity index (χ1n) is 9.28. The van der Waals surface area contributed by atoms with Gasteiger partial charge in [0.25, 0.3) is 0 Å². The SMILES string of the molecule is c1ccc(N2CCN(c3cc(Nc4ccc5[nH]ncc5c4)ncn3)CC2)nc1. The highest BCUT2D eigenvalue weighted by Gasteiger charge is 2.19. The van der Waals surface area contributed by atoms with Crippen LogP contribution in [0, 0.1) is 0 Å². The van der Waals surface area contributed by atoms with Crippen LogP contribution in [0.15, 0.2) is 61.2 Å². The van der Waals surface area contributed by atoms with Gasteiger partial charge in [0.2, 0.25) is 0 Å². The number of nitrogens with zero attached hydrogens (tertiary/aromatic N) is 6. The Hall–Kier alpha value is -3.68. The molecule has 0 atom stereocenters. The number of anilines is 4. The van der Waals surface area contributed by atoms with E-state index in [0.29, 0.717) is 0 Å². The van der Waals surface area contributed by atoms with Crippen molar-refractivity contribution in [2.24, 2.45) is 0 Å². The molecule has 140 valence electrons. The van der Waals surface area contributed by atoms with Crippen LogP contribution in [0.25, 0.3) is 10.9 Å². The zero-order chi connectivity index (χ0) is 18.8. The van der Waals surface area contributed by atoms with Gasteiger partial charge in [-0.15, -0.1) is 0 Å². The lowest BCUT2D eigenvalue weighted by Crippen LogP contribution is -2.47. The molecular weight excluding hydrogens is 352 g/mol. The van der Waals surface area contributed by atoms with Crippen LogP contribution in [0.4, 0.5) is 23.1 Å². The molecule has 1 aromatic carbocycles. The largest absolute Gasteiger partial charge is 0.353 e. The van der Waals surface area contributed by atoms with Crippen LogP contribution in [0.1, 0.15) is 0 Å². The summed E-state index contributed by atoms with van der Waals surface area (Å²) in [5.41, 5.74) is 1.98. The summed E-state index contributed by atoms with van der Waals surface area (Å²) in [5, 5.41) is 11.4. The minimum Gasteiger partial charge on any atom is -0.353 e. The molecule has 4 heterocycles. The Kier molecular flexibility index (Phi) is 4.21. The van der Waals surface area contributed by atoms with E-state index < -0.39 is 0 Å². The number of fused-ring (bicyclic) bond motifs is 1. The molecule has 0 aliphatic carbocycles. The molecule has 0 radical (unpaired) electrons. The van der Waals surface area contributed by atoms with E-state index in [1.165, 1.54) is 0 Å². The van der Waals surface area contributed by atoms with Crippen molar-refractivity contribution in [3.63, 3.8) is 0 Å². The van der Waals surface area contributed by atoms with E-state index in [4.69, 9.17) is 0 Å². The monoisotopic (exact) mass is 372 g/mol. The molecular formula is C20H20N8. The summed E-state index contributed by atoms with van der Waals surface area (Å²) in [6.45, 7) is 3.63. The van der Waals surface area contributed by atoms with Crippen molar-refractivity contribution in [1.82, 2.24) is 25.1 Å². The molecule has 3 aromatic heterocycles. The molecule has 0 saturated carbocycles. The molecule has 0 unspecified atom stereocenters. The number of aromatic nitrogens is 5. The average Bonchev–Trinajstić information content (AvgIpc) is 3.23. The van der Waals surface area contributed by atoms with E-state index in [9.17, 15) is 0 Å². The molecule has 1 aliphatic heterocycles. The van der Waals surface area contributed by atoms with Gasteiger partial charge in [-0.1, -0.05) is 6.07 Å². The summed E-state index contributed by atoms with van der Waals surface area (Å²) < 4.78 is 0. The number of benzene rings is 1. The van der Waals surface area contributed by atoms with Crippen molar-refractivity contribution in [2.75, 3.05) is 41.3 Å². The van der Waals surface area contributed by atoms with Gasteiger partial charge < -0.3 is 15.1 Å². The number of pyridine rings is 1. The van der Waals surface area contributed by atoms with Crippen molar-refractivity contribution >= 4 is 34.0 Å². The second-order valence-electron chi connectivity index (χ2n) is 6.72. The molecule has 2 N–H and O–H groups in total. The summed E-state index contributed by atoms with van der Waals surface area (Å²) in [6.07, 6.45) is 5.26. The molecule has 1 aliphatic rings. The van der Waals surface area contributed by atoms with Crippen molar-refractivity contribution in [3.8, 4) is 0 Å². The zero-order valence-electron chi connectivity index (χ0n) is 15.3. The predicted molar refractivity (Wildman–Crippen MR) is 110 cm³/mol. The second-order valence-corrected chi connectivity index (χ2v) is 6.72. The van der Waals surface area contributed by atoms with E-state index in [1.54, 1.807) is 6.33 Å². The number of hydrogen-bond donors (Lipinski definition) is 2. The van der Waals surface area contributed by atoms with Gasteiger partial charge in [0, 0.05) is 49.5 Å². The van der Waals surface area contributed by atoms with E-state index >= 15 is 0 Å². The fourth-order valence-corrected chi connectivity index (χ4v) is 3.46. The van der Waals surface area contributed by atoms with Gasteiger partial charge in [0.05, 0.1) is 11.7 Å². The maximum absolute atomic E-state index is 4.47. The third-order valence-electron chi connectivity index (χ3n) is 4.94. The Morgan fingerprint density at radius 2 is 1.71 bits per heavy atom. The fourth-order valence-electron chi connectivity index (χ4n) is 3.46. The minimum atomic E-state index is 0.778. The summed E-state index contributed by atoms with van der Waals surface area (Å²) >= 11 is 0. The molecule has 5 rings (SSSR count). The highest BCUT2D eigenvalue weighted by Crippen LogP contribution is 2.23. The molecule has 28 heavy (non-hydrogen) atoms. The van der Waals surface area contributed by atoms with Gasteiger partial charge in [0.1, 0.15) is 23.8 Å². The number of rotatable bonds is 4. The third-order valence-corrected chi connectivity index (χ3v) is 4.94. The quantitative estimate of drug-likeness (QED) is 0.570. The molecule has 4 aromatic rings. The highest BCUT2D eigenvalue weighted by atomic mass is 15.3. The lowest BCUT2D eigenvalue weighted by atomic mass is 10.2. The number of hydrogen-bond acceptors (Lipinski definition) is 7. The first kappa shape index (κ1) is 16.5. The Morgan fingerprint density at radius 3 is 2.54 bits per heavy atom. The van der Waals surface area contributed by atoms with Gasteiger partial charge in [-0.05, 0) is 30.3 Å². The van der Waals surface area contributed by atoms with E-state index in [2.05, 4.69) is 46.3 Å². The number of nitrogens with one attached hydrogen (secondary N) is 2. The highest BCUT2D eigenvalue weighted by molar-refractivity contribution is 5.82. The molecule has 8 nitrogen and oxygen atoms in total. The summed E-state index contributed by atoms with van der Waals surface area (Å²) in [4.78, 5) is 17.9. The van der Waals surface area contributed by atoms with Gasteiger partial charge >= 0.3 is 0 Å². The van der Waals surface area contributed by atoms with Crippen LogP contribution in [0.2, 0.25) is 0 Å². The maximum atomic E-state index is 4.47. The van der Waals surface area contributed by atoms with Crippen molar-refractivity contribution in [3.05, 3.63) is 61.2 Å². The van der Waals surface area contributed by atoms with Crippen LogP contribution < -0.4 is 15.1 Å². The minimum absolute atomic E-state index is 0.778. The van der Waals surface area contributed by atoms with Crippen molar-refractivity contribution in [1.29, 1.82) is 0 Å². The van der Waals surface area contributed by atoms with E-state index in [1.807, 2.05) is 48.8 Å². The van der Waals surface area contributed by atoms with Crippen molar-refractivity contribution < 1.29 is 0 Å². The molecule has 1 fully saturated rings. The van der Waals surface area contributed by atoms with Gasteiger partial charge in [-0.25, -0.2) is 15.0 Å². The number of H-pyrrole nitrogens is 1. The molecule has 0 spiro atoms. The standard InChI is InChI=1S/C20H20N8/c1-2-6-21-19(3-1)27-7-9-28(10-8-27)20-12-18(22-14-23-20)25-16-4-5-17-15(11-16)13-24-26-17/h1-6,11-14H,7-10H2,(H,24,26)(H,22,23,25). The Balaban J connectivity index is 1.28. The normalized spacial score (nSPS) is 14.4. The lowest BCUT2D eigenvalue weighted by molar-refractivity contribution is 0.641. The van der Waals surface area contributed by atoms with E-state index in [0.717, 1.165) is 60.2 Å². The zero-order valence-corrected chi connectivity index (χ0v) is 15.3. The summed E-state index contributed by atoms with van der Waals surface area (Å²) in [7, 11) is 0. The third kappa shape index (κ3) is 3.32. The lowest BCUT2D eigenvalue weighted by Gasteiger charge is -2.36. The van der Waals surface area contributed by atoms with Crippen LogP contribution >= 0.6 is 0 Å². The van der Waals surface area contributed by atoms with E-state index in [-0.39, 0.29) is 0 Å². The topological polar surface area (TPSA) is 85.9 Å². The molecule has 8 heteroatoms. The van der Waals surface area contributed by atoms with Crippen LogP contribution in [-0.4, -0.2) is 51.3 Å². The summed E-state index contributed by atoms with van der Waals surface area (Å²) in [6, 6.07) is 14.1. The Bertz CT molecular complexity index is 1070. The average molecular weight is 372 g/mol. The van der Waals surface area contributed by atoms with Gasteiger partial charge in [-0.3, -0.25) is 5.10 Å². The van der Waals surface area contributed by atoms with Gasteiger partial charge in [0.15, 0.2) is 0 Å². The Labute approximate surface area is 162 Å². The predicted octanol–water partition coefficient (Wildman–Crippen LogP) is 2.82.